The van der Waals surface area contributed by atoms with E-state index in [0.29, 0.717) is 11.6 Å². The Morgan fingerprint density at radius 1 is 1.57 bits per heavy atom. The summed E-state index contributed by atoms with van der Waals surface area (Å²) in [6.07, 6.45) is -0.509. The standard InChI is InChI=1S/C10H15ClN2O/c1-7-4-8(11)2-3-10(7)13-6-9(14)5-12/h2-4,9,13-14H,5-6,12H2,1H3. The average molecular weight is 215 g/mol. The predicted molar refractivity (Wildman–Crippen MR) is 59.7 cm³/mol. The van der Waals surface area contributed by atoms with Gasteiger partial charge in [-0.3, -0.25) is 0 Å². The molecule has 0 spiro atoms. The molecule has 78 valence electrons. The van der Waals surface area contributed by atoms with Crippen LogP contribution in [0.15, 0.2) is 18.2 Å². The van der Waals surface area contributed by atoms with Gasteiger partial charge in [-0.25, -0.2) is 0 Å². The van der Waals surface area contributed by atoms with E-state index in [1.165, 1.54) is 0 Å². The van der Waals surface area contributed by atoms with Crippen molar-refractivity contribution in [3.05, 3.63) is 28.8 Å². The maximum atomic E-state index is 9.25. The topological polar surface area (TPSA) is 58.3 Å². The third kappa shape index (κ3) is 3.18. The van der Waals surface area contributed by atoms with E-state index in [-0.39, 0.29) is 6.54 Å². The molecule has 4 heteroatoms. The smallest absolute Gasteiger partial charge is 0.0834 e. The quantitative estimate of drug-likeness (QED) is 0.710. The van der Waals surface area contributed by atoms with E-state index < -0.39 is 6.10 Å². The van der Waals surface area contributed by atoms with Crippen molar-refractivity contribution in [3.63, 3.8) is 0 Å². The number of aryl methyl sites for hydroxylation is 1. The average Bonchev–Trinajstić information content (AvgIpc) is 2.16. The zero-order chi connectivity index (χ0) is 10.6. The van der Waals surface area contributed by atoms with Crippen molar-refractivity contribution in [2.24, 2.45) is 5.73 Å². The van der Waals surface area contributed by atoms with Crippen molar-refractivity contribution in [1.29, 1.82) is 0 Å². The Morgan fingerprint density at radius 3 is 2.86 bits per heavy atom. The first-order chi connectivity index (χ1) is 6.63. The first-order valence-electron chi connectivity index (χ1n) is 4.51. The van der Waals surface area contributed by atoms with E-state index in [1.807, 2.05) is 25.1 Å². The van der Waals surface area contributed by atoms with Gasteiger partial charge in [0.25, 0.3) is 0 Å². The maximum Gasteiger partial charge on any atom is 0.0834 e. The van der Waals surface area contributed by atoms with Crippen LogP contribution in [0.5, 0.6) is 0 Å². The van der Waals surface area contributed by atoms with Crippen molar-refractivity contribution in [2.75, 3.05) is 18.4 Å². The summed E-state index contributed by atoms with van der Waals surface area (Å²) in [7, 11) is 0. The summed E-state index contributed by atoms with van der Waals surface area (Å²) in [4.78, 5) is 0. The van der Waals surface area contributed by atoms with E-state index in [9.17, 15) is 5.11 Å². The summed E-state index contributed by atoms with van der Waals surface area (Å²) in [6.45, 7) is 2.68. The second-order valence-corrected chi connectivity index (χ2v) is 3.67. The number of anilines is 1. The highest BCUT2D eigenvalue weighted by molar-refractivity contribution is 6.30. The van der Waals surface area contributed by atoms with Crippen LogP contribution in [-0.4, -0.2) is 24.3 Å². The van der Waals surface area contributed by atoms with Crippen molar-refractivity contribution in [2.45, 2.75) is 13.0 Å². The molecule has 14 heavy (non-hydrogen) atoms. The lowest BCUT2D eigenvalue weighted by atomic mass is 10.2. The summed E-state index contributed by atoms with van der Waals surface area (Å²) < 4.78 is 0. The summed E-state index contributed by atoms with van der Waals surface area (Å²) >= 11 is 5.81. The van der Waals surface area contributed by atoms with Crippen LogP contribution in [0.25, 0.3) is 0 Å². The highest BCUT2D eigenvalue weighted by atomic mass is 35.5. The minimum Gasteiger partial charge on any atom is -0.390 e. The lowest BCUT2D eigenvalue weighted by molar-refractivity contribution is 0.196. The third-order valence-electron chi connectivity index (χ3n) is 1.99. The van der Waals surface area contributed by atoms with Gasteiger partial charge in [0.15, 0.2) is 0 Å². The van der Waals surface area contributed by atoms with Crippen molar-refractivity contribution in [1.82, 2.24) is 0 Å². The number of nitrogens with two attached hydrogens (primary N) is 1. The van der Waals surface area contributed by atoms with Crippen LogP contribution in [-0.2, 0) is 0 Å². The number of aliphatic hydroxyl groups is 1. The van der Waals surface area contributed by atoms with Crippen LogP contribution in [0.1, 0.15) is 5.56 Å². The molecule has 4 N–H and O–H groups in total. The van der Waals surface area contributed by atoms with Gasteiger partial charge in [-0.1, -0.05) is 11.6 Å². The van der Waals surface area contributed by atoms with Crippen LogP contribution in [0.4, 0.5) is 5.69 Å². The van der Waals surface area contributed by atoms with E-state index in [2.05, 4.69) is 5.32 Å². The molecule has 0 bridgehead atoms. The molecule has 0 aliphatic heterocycles. The number of benzene rings is 1. The van der Waals surface area contributed by atoms with Crippen molar-refractivity contribution in [3.8, 4) is 0 Å². The second kappa shape index (κ2) is 5.20. The van der Waals surface area contributed by atoms with Crippen LogP contribution < -0.4 is 11.1 Å². The Balaban J connectivity index is 2.59. The Labute approximate surface area is 88.9 Å². The normalized spacial score (nSPS) is 12.6. The lowest BCUT2D eigenvalue weighted by Gasteiger charge is -2.12. The zero-order valence-electron chi connectivity index (χ0n) is 8.13. The molecule has 0 radical (unpaired) electrons. The maximum absolute atomic E-state index is 9.25. The summed E-state index contributed by atoms with van der Waals surface area (Å²) in [5, 5.41) is 13.1. The highest BCUT2D eigenvalue weighted by Crippen LogP contribution is 2.19. The van der Waals surface area contributed by atoms with E-state index in [4.69, 9.17) is 17.3 Å². The Morgan fingerprint density at radius 2 is 2.29 bits per heavy atom. The molecule has 1 aromatic rings. The summed E-state index contributed by atoms with van der Waals surface area (Å²) in [6, 6.07) is 5.57. The molecular formula is C10H15ClN2O. The molecule has 0 saturated carbocycles. The van der Waals surface area contributed by atoms with E-state index >= 15 is 0 Å². The molecule has 1 aromatic carbocycles. The van der Waals surface area contributed by atoms with Gasteiger partial charge in [-0.2, -0.15) is 0 Å². The van der Waals surface area contributed by atoms with Crippen LogP contribution in [0.2, 0.25) is 5.02 Å². The van der Waals surface area contributed by atoms with E-state index in [0.717, 1.165) is 11.3 Å². The number of nitrogens with one attached hydrogen (secondary N) is 1. The number of hydrogen-bond donors (Lipinski definition) is 3. The SMILES string of the molecule is Cc1cc(Cl)ccc1NCC(O)CN. The van der Waals surface area contributed by atoms with Gasteiger partial charge in [0.05, 0.1) is 6.10 Å². The molecule has 0 amide bonds. The Bertz CT molecular complexity index is 304. The molecule has 0 aromatic heterocycles. The largest absolute Gasteiger partial charge is 0.390 e. The third-order valence-corrected chi connectivity index (χ3v) is 2.22. The first kappa shape index (κ1) is 11.3. The van der Waals surface area contributed by atoms with Gasteiger partial charge in [0, 0.05) is 23.8 Å². The Kier molecular flexibility index (Phi) is 4.20. The number of aliphatic hydroxyl groups excluding tert-OH is 1. The predicted octanol–water partition coefficient (Wildman–Crippen LogP) is 1.38. The van der Waals surface area contributed by atoms with Gasteiger partial charge in [-0.05, 0) is 30.7 Å². The highest BCUT2D eigenvalue weighted by Gasteiger charge is 2.02. The van der Waals surface area contributed by atoms with Crippen LogP contribution in [0.3, 0.4) is 0 Å². The Hall–Kier alpha value is -0.770. The van der Waals surface area contributed by atoms with Crippen LogP contribution >= 0.6 is 11.6 Å². The molecule has 1 unspecified atom stereocenters. The van der Waals surface area contributed by atoms with Gasteiger partial charge < -0.3 is 16.2 Å². The summed E-state index contributed by atoms with van der Waals surface area (Å²) in [5.41, 5.74) is 7.32. The molecule has 0 fully saturated rings. The molecule has 0 heterocycles. The van der Waals surface area contributed by atoms with Crippen LogP contribution in [0, 0.1) is 6.92 Å². The molecule has 0 aliphatic rings. The summed E-state index contributed by atoms with van der Waals surface area (Å²) in [5.74, 6) is 0. The molecule has 3 nitrogen and oxygen atoms in total. The fourth-order valence-electron chi connectivity index (χ4n) is 1.14. The minimum atomic E-state index is -0.509. The second-order valence-electron chi connectivity index (χ2n) is 3.23. The fraction of sp³-hybridized carbons (Fsp3) is 0.400. The number of halogens is 1. The van der Waals surface area contributed by atoms with Gasteiger partial charge in [-0.15, -0.1) is 0 Å². The molecule has 0 aliphatic carbocycles. The van der Waals surface area contributed by atoms with Gasteiger partial charge >= 0.3 is 0 Å². The fourth-order valence-corrected chi connectivity index (χ4v) is 1.36. The molecule has 1 rings (SSSR count). The first-order valence-corrected chi connectivity index (χ1v) is 4.89. The van der Waals surface area contributed by atoms with Crippen molar-refractivity contribution < 1.29 is 5.11 Å². The van der Waals surface area contributed by atoms with Crippen molar-refractivity contribution >= 4 is 17.3 Å². The van der Waals surface area contributed by atoms with E-state index in [1.54, 1.807) is 0 Å². The molecule has 1 atom stereocenters. The van der Waals surface area contributed by atoms with Gasteiger partial charge in [0.1, 0.15) is 0 Å². The monoisotopic (exact) mass is 214 g/mol. The lowest BCUT2D eigenvalue weighted by Crippen LogP contribution is -2.27. The number of hydrogen-bond acceptors (Lipinski definition) is 3. The molecular weight excluding hydrogens is 200 g/mol. The minimum absolute atomic E-state index is 0.264. The van der Waals surface area contributed by atoms with Gasteiger partial charge in [0.2, 0.25) is 0 Å². The molecule has 0 saturated heterocycles. The number of rotatable bonds is 4. The zero-order valence-corrected chi connectivity index (χ0v) is 8.88.